The SMILES string of the molecule is C=Cc1c(N=C)ccc(Nc2ncnc3cc(Br)cc(OCC4(N(C)C)COC4)c23)c1F. The van der Waals surface area contributed by atoms with Crippen molar-refractivity contribution in [1.29, 1.82) is 0 Å². The van der Waals surface area contributed by atoms with Crippen LogP contribution in [0, 0.1) is 5.82 Å². The predicted molar refractivity (Wildman–Crippen MR) is 129 cm³/mol. The molecule has 1 aliphatic rings. The van der Waals surface area contributed by atoms with E-state index in [2.05, 4.69) is 54.4 Å². The molecule has 0 spiro atoms. The van der Waals surface area contributed by atoms with E-state index in [-0.39, 0.29) is 16.8 Å². The van der Waals surface area contributed by atoms with Crippen molar-refractivity contribution in [2.75, 3.05) is 39.2 Å². The molecule has 0 saturated carbocycles. The predicted octanol–water partition coefficient (Wildman–Crippen LogP) is 4.96. The summed E-state index contributed by atoms with van der Waals surface area (Å²) in [5, 5.41) is 3.73. The van der Waals surface area contributed by atoms with Crippen molar-refractivity contribution in [2.24, 2.45) is 4.99 Å². The summed E-state index contributed by atoms with van der Waals surface area (Å²) in [6, 6.07) is 6.98. The van der Waals surface area contributed by atoms with E-state index in [4.69, 9.17) is 9.47 Å². The number of fused-ring (bicyclic) bond motifs is 1. The van der Waals surface area contributed by atoms with Gasteiger partial charge in [0.25, 0.3) is 0 Å². The van der Waals surface area contributed by atoms with Crippen LogP contribution in [0.1, 0.15) is 5.56 Å². The monoisotopic (exact) mass is 499 g/mol. The van der Waals surface area contributed by atoms with Gasteiger partial charge in [0.2, 0.25) is 0 Å². The first kappa shape index (κ1) is 22.3. The lowest BCUT2D eigenvalue weighted by atomic mass is 9.97. The van der Waals surface area contributed by atoms with Crippen LogP contribution >= 0.6 is 15.9 Å². The van der Waals surface area contributed by atoms with Crippen LogP contribution in [-0.4, -0.2) is 61.0 Å². The van der Waals surface area contributed by atoms with Crippen LogP contribution in [-0.2, 0) is 4.74 Å². The van der Waals surface area contributed by atoms with Gasteiger partial charge in [-0.1, -0.05) is 28.6 Å². The zero-order valence-electron chi connectivity index (χ0n) is 17.9. The van der Waals surface area contributed by atoms with E-state index < -0.39 is 5.82 Å². The maximum absolute atomic E-state index is 15.1. The molecule has 1 fully saturated rings. The molecule has 9 heteroatoms. The average Bonchev–Trinajstić information content (AvgIpc) is 2.73. The standard InChI is InChI=1S/C23H23BrFN5O2/c1-5-15-16(26-2)6-7-17(21(15)25)29-22-20-18(27-13-28-22)8-14(24)9-19(20)32-12-23(30(3)4)10-31-11-23/h5-9,13H,1-2,10-12H2,3-4H3,(H,27,28,29). The maximum atomic E-state index is 15.1. The lowest BCUT2D eigenvalue weighted by Gasteiger charge is -2.46. The van der Waals surface area contributed by atoms with Gasteiger partial charge in [0, 0.05) is 10.0 Å². The summed E-state index contributed by atoms with van der Waals surface area (Å²) in [5.74, 6) is 0.517. The molecule has 0 radical (unpaired) electrons. The number of hydrogen-bond donors (Lipinski definition) is 1. The fourth-order valence-electron chi connectivity index (χ4n) is 3.49. The van der Waals surface area contributed by atoms with E-state index >= 15 is 4.39 Å². The van der Waals surface area contributed by atoms with Crippen molar-refractivity contribution in [3.63, 3.8) is 0 Å². The van der Waals surface area contributed by atoms with Crippen molar-refractivity contribution in [2.45, 2.75) is 5.54 Å². The zero-order valence-corrected chi connectivity index (χ0v) is 19.4. The van der Waals surface area contributed by atoms with Gasteiger partial charge in [-0.15, -0.1) is 0 Å². The Balaban J connectivity index is 1.75. The number of aliphatic imine (C=N–C) groups is 1. The summed E-state index contributed by atoms with van der Waals surface area (Å²) in [5.41, 5.74) is 1.37. The Bertz CT molecular complexity index is 1200. The molecule has 166 valence electrons. The first-order valence-electron chi connectivity index (χ1n) is 9.89. The Morgan fingerprint density at radius 2 is 2.12 bits per heavy atom. The second-order valence-electron chi connectivity index (χ2n) is 7.77. The second kappa shape index (κ2) is 8.93. The van der Waals surface area contributed by atoms with Gasteiger partial charge in [-0.3, -0.25) is 9.89 Å². The van der Waals surface area contributed by atoms with Crippen molar-refractivity contribution in [3.05, 3.63) is 53.0 Å². The summed E-state index contributed by atoms with van der Waals surface area (Å²) in [7, 11) is 4.01. The highest BCUT2D eigenvalue weighted by molar-refractivity contribution is 9.10. The van der Waals surface area contributed by atoms with Crippen LogP contribution in [0.5, 0.6) is 5.75 Å². The van der Waals surface area contributed by atoms with E-state index in [1.54, 1.807) is 12.1 Å². The minimum Gasteiger partial charge on any atom is -0.491 e. The van der Waals surface area contributed by atoms with Crippen LogP contribution < -0.4 is 10.1 Å². The van der Waals surface area contributed by atoms with E-state index in [1.165, 1.54) is 12.4 Å². The Morgan fingerprint density at radius 3 is 2.75 bits per heavy atom. The number of hydrogen-bond acceptors (Lipinski definition) is 7. The van der Waals surface area contributed by atoms with Crippen LogP contribution in [0.25, 0.3) is 17.0 Å². The third-order valence-corrected chi connectivity index (χ3v) is 6.10. The molecule has 2 aromatic carbocycles. The number of rotatable bonds is 8. The van der Waals surface area contributed by atoms with Crippen LogP contribution in [0.3, 0.4) is 0 Å². The molecule has 3 aromatic rings. The highest BCUT2D eigenvalue weighted by Gasteiger charge is 2.42. The molecule has 7 nitrogen and oxygen atoms in total. The number of benzene rings is 2. The summed E-state index contributed by atoms with van der Waals surface area (Å²) in [6.45, 7) is 8.76. The molecule has 1 aromatic heterocycles. The number of likely N-dealkylation sites (N-methyl/N-ethyl adjacent to an activating group) is 1. The molecule has 1 saturated heterocycles. The van der Waals surface area contributed by atoms with Gasteiger partial charge in [0.15, 0.2) is 5.82 Å². The molecule has 1 aliphatic heterocycles. The van der Waals surface area contributed by atoms with Crippen molar-refractivity contribution in [1.82, 2.24) is 14.9 Å². The van der Waals surface area contributed by atoms with Gasteiger partial charge in [-0.2, -0.15) is 0 Å². The smallest absolute Gasteiger partial charge is 0.156 e. The van der Waals surface area contributed by atoms with E-state index in [1.807, 2.05) is 26.2 Å². The molecule has 2 heterocycles. The fraction of sp³-hybridized carbons (Fsp3) is 0.261. The van der Waals surface area contributed by atoms with Crippen molar-refractivity contribution < 1.29 is 13.9 Å². The highest BCUT2D eigenvalue weighted by Crippen LogP contribution is 2.37. The van der Waals surface area contributed by atoms with Gasteiger partial charge in [0.1, 0.15) is 30.0 Å². The molecule has 0 bridgehead atoms. The number of nitrogens with zero attached hydrogens (tertiary/aromatic N) is 4. The quantitative estimate of drug-likeness (QED) is 0.441. The topological polar surface area (TPSA) is 71.9 Å². The van der Waals surface area contributed by atoms with Crippen molar-refractivity contribution >= 4 is 56.8 Å². The van der Waals surface area contributed by atoms with E-state index in [9.17, 15) is 0 Å². The minimum atomic E-state index is -0.491. The number of nitrogens with one attached hydrogen (secondary N) is 1. The normalized spacial score (nSPS) is 14.8. The van der Waals surface area contributed by atoms with Gasteiger partial charge in [-0.05, 0) is 45.1 Å². The Labute approximate surface area is 194 Å². The van der Waals surface area contributed by atoms with Gasteiger partial charge in [0.05, 0.1) is 35.5 Å². The number of ether oxygens (including phenoxy) is 2. The molecule has 32 heavy (non-hydrogen) atoms. The van der Waals surface area contributed by atoms with E-state index in [0.29, 0.717) is 48.0 Å². The average molecular weight is 500 g/mol. The summed E-state index contributed by atoms with van der Waals surface area (Å²) in [6.07, 6.45) is 2.84. The molecule has 4 rings (SSSR count). The highest BCUT2D eigenvalue weighted by atomic mass is 79.9. The largest absolute Gasteiger partial charge is 0.491 e. The van der Waals surface area contributed by atoms with Gasteiger partial charge in [-0.25, -0.2) is 14.4 Å². The molecule has 0 unspecified atom stereocenters. The van der Waals surface area contributed by atoms with Gasteiger partial charge >= 0.3 is 0 Å². The van der Waals surface area contributed by atoms with Gasteiger partial charge < -0.3 is 14.8 Å². The summed E-state index contributed by atoms with van der Waals surface area (Å²) >= 11 is 3.52. The van der Waals surface area contributed by atoms with Crippen LogP contribution in [0.15, 0.2) is 46.6 Å². The molecule has 1 N–H and O–H groups in total. The summed E-state index contributed by atoms with van der Waals surface area (Å²) in [4.78, 5) is 14.7. The Kier molecular flexibility index (Phi) is 6.23. The molecule has 0 aliphatic carbocycles. The zero-order chi connectivity index (χ0) is 22.9. The minimum absolute atomic E-state index is 0.198. The third kappa shape index (κ3) is 3.99. The first-order valence-corrected chi connectivity index (χ1v) is 10.7. The molecule has 0 atom stereocenters. The molecular weight excluding hydrogens is 477 g/mol. The number of halogens is 2. The van der Waals surface area contributed by atoms with Crippen LogP contribution in [0.4, 0.5) is 21.6 Å². The lowest BCUT2D eigenvalue weighted by molar-refractivity contribution is -0.140. The molecular formula is C23H23BrFN5O2. The van der Waals surface area contributed by atoms with Crippen LogP contribution in [0.2, 0.25) is 0 Å². The Hall–Kier alpha value is -2.88. The number of anilines is 2. The third-order valence-electron chi connectivity index (χ3n) is 5.64. The Morgan fingerprint density at radius 1 is 1.34 bits per heavy atom. The number of aromatic nitrogens is 2. The van der Waals surface area contributed by atoms with E-state index in [0.717, 1.165) is 4.47 Å². The van der Waals surface area contributed by atoms with Crippen molar-refractivity contribution in [3.8, 4) is 5.75 Å². The first-order chi connectivity index (χ1) is 15.4. The maximum Gasteiger partial charge on any atom is 0.156 e. The summed E-state index contributed by atoms with van der Waals surface area (Å²) < 4.78 is 27.6. The lowest BCUT2D eigenvalue weighted by Crippen LogP contribution is -2.63. The fourth-order valence-corrected chi connectivity index (χ4v) is 3.91. The molecule has 0 amide bonds. The second-order valence-corrected chi connectivity index (χ2v) is 8.68.